The average molecular weight is 245 g/mol. The highest BCUT2D eigenvalue weighted by atomic mass is 16.5. The first kappa shape index (κ1) is 12.6. The quantitative estimate of drug-likeness (QED) is 0.899. The van der Waals surface area contributed by atoms with E-state index >= 15 is 0 Å². The number of rotatable bonds is 4. The van der Waals surface area contributed by atoms with Gasteiger partial charge in [-0.2, -0.15) is 0 Å². The second-order valence-electron chi connectivity index (χ2n) is 4.64. The Morgan fingerprint density at radius 2 is 1.89 bits per heavy atom. The number of imidazole rings is 1. The van der Waals surface area contributed by atoms with Crippen molar-refractivity contribution in [3.8, 4) is 5.75 Å². The first-order chi connectivity index (χ1) is 8.58. The first-order valence-corrected chi connectivity index (χ1v) is 6.06. The number of nitrogens with zero attached hydrogens (tertiary/aromatic N) is 2. The molecule has 0 bridgehead atoms. The number of aromatic nitrogens is 2. The Kier molecular flexibility index (Phi) is 3.67. The Bertz CT molecular complexity index is 502. The average Bonchev–Trinajstić information content (AvgIpc) is 2.75. The molecule has 1 aromatic heterocycles. The van der Waals surface area contributed by atoms with Crippen molar-refractivity contribution in [3.63, 3.8) is 0 Å². The normalized spacial score (nSPS) is 12.7. The number of hydrogen-bond acceptors (Lipinski definition) is 3. The van der Waals surface area contributed by atoms with Gasteiger partial charge in [0.05, 0.1) is 30.4 Å². The molecule has 1 atom stereocenters. The Labute approximate surface area is 107 Å². The maximum Gasteiger partial charge on any atom is 0.119 e. The second-order valence-corrected chi connectivity index (χ2v) is 4.64. The fourth-order valence-electron chi connectivity index (χ4n) is 1.86. The molecule has 2 rings (SSSR count). The lowest BCUT2D eigenvalue weighted by atomic mass is 10.1. The molecule has 1 unspecified atom stereocenters. The summed E-state index contributed by atoms with van der Waals surface area (Å²) in [7, 11) is 1.94. The van der Waals surface area contributed by atoms with Crippen molar-refractivity contribution in [2.24, 2.45) is 12.8 Å². The van der Waals surface area contributed by atoms with Crippen LogP contribution in [0.15, 0.2) is 36.8 Å². The maximum atomic E-state index is 6.21. The molecule has 0 aliphatic carbocycles. The van der Waals surface area contributed by atoms with Gasteiger partial charge >= 0.3 is 0 Å². The number of aryl methyl sites for hydroxylation is 1. The van der Waals surface area contributed by atoms with Crippen LogP contribution in [0.4, 0.5) is 0 Å². The monoisotopic (exact) mass is 245 g/mol. The molecule has 0 radical (unpaired) electrons. The highest BCUT2D eigenvalue weighted by Crippen LogP contribution is 2.21. The van der Waals surface area contributed by atoms with Crippen LogP contribution in [0.2, 0.25) is 0 Å². The van der Waals surface area contributed by atoms with Gasteiger partial charge in [-0.3, -0.25) is 0 Å². The minimum absolute atomic E-state index is 0.161. The number of nitrogens with two attached hydrogens (primary N) is 1. The van der Waals surface area contributed by atoms with E-state index in [0.717, 1.165) is 17.0 Å². The summed E-state index contributed by atoms with van der Waals surface area (Å²) >= 11 is 0. The molecule has 0 saturated carbocycles. The van der Waals surface area contributed by atoms with Gasteiger partial charge in [-0.1, -0.05) is 12.1 Å². The van der Waals surface area contributed by atoms with Gasteiger partial charge in [0.2, 0.25) is 0 Å². The summed E-state index contributed by atoms with van der Waals surface area (Å²) in [5.74, 6) is 0.867. The van der Waals surface area contributed by atoms with Gasteiger partial charge < -0.3 is 15.0 Å². The van der Waals surface area contributed by atoms with Crippen LogP contribution in [-0.2, 0) is 7.05 Å². The molecule has 4 nitrogen and oxygen atoms in total. The van der Waals surface area contributed by atoms with Gasteiger partial charge in [0.25, 0.3) is 0 Å². The van der Waals surface area contributed by atoms with Crippen molar-refractivity contribution in [1.82, 2.24) is 9.55 Å². The zero-order valence-electron chi connectivity index (χ0n) is 11.0. The van der Waals surface area contributed by atoms with Crippen LogP contribution >= 0.6 is 0 Å². The molecule has 0 spiro atoms. The van der Waals surface area contributed by atoms with Crippen LogP contribution in [0.5, 0.6) is 5.75 Å². The minimum atomic E-state index is -0.161. The summed E-state index contributed by atoms with van der Waals surface area (Å²) in [4.78, 5) is 4.08. The SMILES string of the molecule is CC(C)Oc1ccc(C(N)c2cncn2C)cc1. The Balaban J connectivity index is 2.17. The highest BCUT2D eigenvalue weighted by molar-refractivity contribution is 5.32. The summed E-state index contributed by atoms with van der Waals surface area (Å²) in [6, 6.07) is 7.73. The summed E-state index contributed by atoms with van der Waals surface area (Å²) in [6.45, 7) is 4.02. The number of ether oxygens (including phenoxy) is 1. The fourth-order valence-corrected chi connectivity index (χ4v) is 1.86. The second kappa shape index (κ2) is 5.23. The molecule has 2 aromatic rings. The standard InChI is InChI=1S/C14H19N3O/c1-10(2)18-12-6-4-11(5-7-12)14(15)13-8-16-9-17(13)3/h4-10,14H,15H2,1-3H3. The third-order valence-corrected chi connectivity index (χ3v) is 2.78. The summed E-state index contributed by atoms with van der Waals surface area (Å²) in [5.41, 5.74) is 8.25. The van der Waals surface area contributed by atoms with Gasteiger partial charge in [-0.25, -0.2) is 4.98 Å². The van der Waals surface area contributed by atoms with Crippen LogP contribution in [0.1, 0.15) is 31.1 Å². The molecule has 0 aliphatic heterocycles. The summed E-state index contributed by atoms with van der Waals surface area (Å²) in [5, 5.41) is 0. The largest absolute Gasteiger partial charge is 0.491 e. The maximum absolute atomic E-state index is 6.21. The molecule has 0 saturated heterocycles. The molecular weight excluding hydrogens is 226 g/mol. The fraction of sp³-hybridized carbons (Fsp3) is 0.357. The van der Waals surface area contributed by atoms with Crippen molar-refractivity contribution >= 4 is 0 Å². The van der Waals surface area contributed by atoms with E-state index in [-0.39, 0.29) is 12.1 Å². The van der Waals surface area contributed by atoms with Crippen molar-refractivity contribution in [2.45, 2.75) is 26.0 Å². The van der Waals surface area contributed by atoms with Crippen LogP contribution in [-0.4, -0.2) is 15.7 Å². The van der Waals surface area contributed by atoms with Crippen LogP contribution in [0.3, 0.4) is 0 Å². The van der Waals surface area contributed by atoms with Gasteiger partial charge in [0, 0.05) is 7.05 Å². The zero-order chi connectivity index (χ0) is 13.1. The van der Waals surface area contributed by atoms with Gasteiger partial charge in [0.15, 0.2) is 0 Å². The van der Waals surface area contributed by atoms with E-state index in [2.05, 4.69) is 4.98 Å². The summed E-state index contributed by atoms with van der Waals surface area (Å²) in [6.07, 6.45) is 3.73. The molecule has 0 amide bonds. The van der Waals surface area contributed by atoms with E-state index < -0.39 is 0 Å². The topological polar surface area (TPSA) is 53.1 Å². The third kappa shape index (κ3) is 2.71. The predicted molar refractivity (Wildman–Crippen MR) is 71.4 cm³/mol. The molecule has 1 heterocycles. The molecule has 0 aliphatic rings. The van der Waals surface area contributed by atoms with Gasteiger partial charge in [-0.05, 0) is 31.5 Å². The third-order valence-electron chi connectivity index (χ3n) is 2.78. The number of benzene rings is 1. The lowest BCUT2D eigenvalue weighted by Gasteiger charge is -2.14. The van der Waals surface area contributed by atoms with Gasteiger partial charge in [0.1, 0.15) is 5.75 Å². The smallest absolute Gasteiger partial charge is 0.119 e. The predicted octanol–water partition coefficient (Wildman–Crippen LogP) is 2.26. The van der Waals surface area contributed by atoms with E-state index in [1.54, 1.807) is 12.5 Å². The Hall–Kier alpha value is -1.81. The van der Waals surface area contributed by atoms with Gasteiger partial charge in [-0.15, -0.1) is 0 Å². The number of hydrogen-bond donors (Lipinski definition) is 1. The molecular formula is C14H19N3O. The molecule has 1 aromatic carbocycles. The van der Waals surface area contributed by atoms with E-state index in [1.165, 1.54) is 0 Å². The first-order valence-electron chi connectivity index (χ1n) is 6.06. The molecule has 4 heteroatoms. The van der Waals surface area contributed by atoms with E-state index in [4.69, 9.17) is 10.5 Å². The Morgan fingerprint density at radius 1 is 1.22 bits per heavy atom. The van der Waals surface area contributed by atoms with Crippen molar-refractivity contribution in [3.05, 3.63) is 48.0 Å². The molecule has 96 valence electrons. The van der Waals surface area contributed by atoms with Crippen molar-refractivity contribution in [1.29, 1.82) is 0 Å². The van der Waals surface area contributed by atoms with E-state index in [1.807, 2.05) is 49.7 Å². The van der Waals surface area contributed by atoms with Crippen molar-refractivity contribution < 1.29 is 4.74 Å². The molecule has 2 N–H and O–H groups in total. The van der Waals surface area contributed by atoms with Crippen LogP contribution < -0.4 is 10.5 Å². The lowest BCUT2D eigenvalue weighted by molar-refractivity contribution is 0.242. The minimum Gasteiger partial charge on any atom is -0.491 e. The summed E-state index contributed by atoms with van der Waals surface area (Å²) < 4.78 is 7.54. The van der Waals surface area contributed by atoms with Crippen molar-refractivity contribution in [2.75, 3.05) is 0 Å². The Morgan fingerprint density at radius 3 is 2.39 bits per heavy atom. The lowest BCUT2D eigenvalue weighted by Crippen LogP contribution is -2.15. The van der Waals surface area contributed by atoms with Crippen LogP contribution in [0.25, 0.3) is 0 Å². The molecule has 18 heavy (non-hydrogen) atoms. The van der Waals surface area contributed by atoms with Crippen LogP contribution in [0, 0.1) is 0 Å². The van der Waals surface area contributed by atoms with E-state index in [0.29, 0.717) is 0 Å². The van der Waals surface area contributed by atoms with E-state index in [9.17, 15) is 0 Å². The molecule has 0 fully saturated rings. The zero-order valence-corrected chi connectivity index (χ0v) is 11.0. The highest BCUT2D eigenvalue weighted by Gasteiger charge is 2.12.